The lowest BCUT2D eigenvalue weighted by Crippen LogP contribution is -1.91. The number of unbranched alkanes of at least 4 members (excludes halogenated alkanes) is 3. The first kappa shape index (κ1) is 15.5. The van der Waals surface area contributed by atoms with Gasteiger partial charge in [-0.25, -0.2) is 0 Å². The predicted octanol–water partition coefficient (Wildman–Crippen LogP) is 5.74. The van der Waals surface area contributed by atoms with Crippen molar-refractivity contribution in [1.82, 2.24) is 4.98 Å². The zero-order valence-corrected chi connectivity index (χ0v) is 13.2. The average molecular weight is 279 g/mol. The molecular weight excluding hydrogens is 254 g/mol. The summed E-state index contributed by atoms with van der Waals surface area (Å²) < 4.78 is 0. The molecule has 1 heterocycles. The van der Waals surface area contributed by atoms with E-state index >= 15 is 0 Å². The monoisotopic (exact) mass is 279 g/mol. The molecule has 0 unspecified atom stereocenters. The van der Waals surface area contributed by atoms with E-state index in [4.69, 9.17) is 0 Å². The van der Waals surface area contributed by atoms with Crippen LogP contribution >= 0.6 is 0 Å². The Morgan fingerprint density at radius 3 is 2.71 bits per heavy atom. The van der Waals surface area contributed by atoms with Gasteiger partial charge in [0.1, 0.15) is 0 Å². The van der Waals surface area contributed by atoms with Crippen molar-refractivity contribution in [2.24, 2.45) is 0 Å². The molecular formula is C20H25N. The van der Waals surface area contributed by atoms with Crippen molar-refractivity contribution in [2.45, 2.75) is 46.0 Å². The summed E-state index contributed by atoms with van der Waals surface area (Å²) in [6, 6.07) is 12.8. The van der Waals surface area contributed by atoms with Gasteiger partial charge in [0.25, 0.3) is 0 Å². The van der Waals surface area contributed by atoms with Crippen LogP contribution in [0.2, 0.25) is 0 Å². The van der Waals surface area contributed by atoms with Crippen LogP contribution in [0.3, 0.4) is 0 Å². The summed E-state index contributed by atoms with van der Waals surface area (Å²) >= 11 is 0. The Morgan fingerprint density at radius 1 is 1.05 bits per heavy atom. The first-order valence-electron chi connectivity index (χ1n) is 7.97. The molecule has 0 saturated heterocycles. The fourth-order valence-electron chi connectivity index (χ4n) is 2.47. The van der Waals surface area contributed by atoms with Gasteiger partial charge in [-0.2, -0.15) is 0 Å². The maximum absolute atomic E-state index is 4.50. The second kappa shape index (κ2) is 8.41. The van der Waals surface area contributed by atoms with E-state index in [0.717, 1.165) is 12.1 Å². The lowest BCUT2D eigenvalue weighted by atomic mass is 9.98. The number of benzene rings is 1. The summed E-state index contributed by atoms with van der Waals surface area (Å²) in [5.74, 6) is 0. The Hall–Kier alpha value is -1.89. The van der Waals surface area contributed by atoms with Gasteiger partial charge in [-0.15, -0.1) is 0 Å². The number of pyridine rings is 1. The fourth-order valence-corrected chi connectivity index (χ4v) is 2.47. The maximum Gasteiger partial charge on any atom is 0.0704 e. The van der Waals surface area contributed by atoms with Crippen molar-refractivity contribution in [2.75, 3.05) is 0 Å². The molecule has 21 heavy (non-hydrogen) atoms. The van der Waals surface area contributed by atoms with Gasteiger partial charge in [0, 0.05) is 11.8 Å². The van der Waals surface area contributed by atoms with E-state index in [1.54, 1.807) is 0 Å². The molecule has 0 spiro atoms. The molecule has 2 aromatic rings. The van der Waals surface area contributed by atoms with Crippen molar-refractivity contribution in [1.29, 1.82) is 0 Å². The minimum absolute atomic E-state index is 0.984. The number of hydrogen-bond donors (Lipinski definition) is 0. The SMILES string of the molecule is CCCCC/C=C/Cc1ccc(C)cc1-c1ccccn1. The first-order chi connectivity index (χ1) is 10.3. The Balaban J connectivity index is 2.09. The minimum atomic E-state index is 0.984. The molecule has 0 bridgehead atoms. The van der Waals surface area contributed by atoms with Gasteiger partial charge in [0.05, 0.1) is 5.69 Å². The quantitative estimate of drug-likeness (QED) is 0.465. The second-order valence-corrected chi connectivity index (χ2v) is 5.55. The Bertz CT molecular complexity index is 570. The van der Waals surface area contributed by atoms with E-state index in [-0.39, 0.29) is 0 Å². The summed E-state index contributed by atoms with van der Waals surface area (Å²) in [7, 11) is 0. The van der Waals surface area contributed by atoms with E-state index in [2.05, 4.69) is 61.3 Å². The zero-order chi connectivity index (χ0) is 14.9. The van der Waals surface area contributed by atoms with Gasteiger partial charge < -0.3 is 0 Å². The number of aryl methyl sites for hydroxylation is 1. The lowest BCUT2D eigenvalue weighted by Gasteiger charge is -2.08. The van der Waals surface area contributed by atoms with Crippen LogP contribution < -0.4 is 0 Å². The largest absolute Gasteiger partial charge is 0.256 e. The van der Waals surface area contributed by atoms with E-state index < -0.39 is 0 Å². The first-order valence-corrected chi connectivity index (χ1v) is 7.97. The van der Waals surface area contributed by atoms with Gasteiger partial charge in [-0.3, -0.25) is 4.98 Å². The highest BCUT2D eigenvalue weighted by molar-refractivity contribution is 5.64. The topological polar surface area (TPSA) is 12.9 Å². The van der Waals surface area contributed by atoms with Crippen LogP contribution in [0.15, 0.2) is 54.7 Å². The van der Waals surface area contributed by atoms with Crippen LogP contribution in [0.1, 0.15) is 43.7 Å². The molecule has 0 aliphatic heterocycles. The third kappa shape index (κ3) is 4.86. The summed E-state index contributed by atoms with van der Waals surface area (Å²) in [6.07, 6.45) is 12.6. The Labute approximate surface area is 128 Å². The van der Waals surface area contributed by atoms with Crippen molar-refractivity contribution < 1.29 is 0 Å². The molecule has 0 radical (unpaired) electrons. The summed E-state index contributed by atoms with van der Waals surface area (Å²) in [5, 5.41) is 0. The van der Waals surface area contributed by atoms with Crippen LogP contribution in [-0.4, -0.2) is 4.98 Å². The fraction of sp³-hybridized carbons (Fsp3) is 0.350. The molecule has 2 rings (SSSR count). The van der Waals surface area contributed by atoms with Crippen LogP contribution in [0, 0.1) is 6.92 Å². The van der Waals surface area contributed by atoms with E-state index in [1.807, 2.05) is 12.3 Å². The smallest absolute Gasteiger partial charge is 0.0704 e. The molecule has 0 saturated carbocycles. The number of nitrogens with zero attached hydrogens (tertiary/aromatic N) is 1. The van der Waals surface area contributed by atoms with Crippen LogP contribution in [-0.2, 0) is 6.42 Å². The van der Waals surface area contributed by atoms with Crippen molar-refractivity contribution in [3.05, 3.63) is 65.9 Å². The minimum Gasteiger partial charge on any atom is -0.256 e. The highest BCUT2D eigenvalue weighted by atomic mass is 14.7. The highest BCUT2D eigenvalue weighted by Crippen LogP contribution is 2.23. The van der Waals surface area contributed by atoms with E-state index in [9.17, 15) is 0 Å². The Morgan fingerprint density at radius 2 is 1.95 bits per heavy atom. The predicted molar refractivity (Wildman–Crippen MR) is 91.4 cm³/mol. The van der Waals surface area contributed by atoms with Crippen molar-refractivity contribution in [3.8, 4) is 11.3 Å². The molecule has 0 aliphatic carbocycles. The van der Waals surface area contributed by atoms with Gasteiger partial charge in [0.15, 0.2) is 0 Å². The number of aromatic nitrogens is 1. The van der Waals surface area contributed by atoms with E-state index in [1.165, 1.54) is 42.4 Å². The number of hydrogen-bond acceptors (Lipinski definition) is 1. The maximum atomic E-state index is 4.50. The average Bonchev–Trinajstić information content (AvgIpc) is 2.53. The summed E-state index contributed by atoms with van der Waals surface area (Å²) in [6.45, 7) is 4.38. The third-order valence-electron chi connectivity index (χ3n) is 3.68. The summed E-state index contributed by atoms with van der Waals surface area (Å²) in [5.41, 5.74) is 4.96. The van der Waals surface area contributed by atoms with Crippen molar-refractivity contribution >= 4 is 0 Å². The highest BCUT2D eigenvalue weighted by Gasteiger charge is 2.05. The normalized spacial score (nSPS) is 11.1. The van der Waals surface area contributed by atoms with Gasteiger partial charge in [-0.05, 0) is 49.9 Å². The zero-order valence-electron chi connectivity index (χ0n) is 13.2. The van der Waals surface area contributed by atoms with Gasteiger partial charge in [-0.1, -0.05) is 55.7 Å². The molecule has 110 valence electrons. The van der Waals surface area contributed by atoms with Crippen LogP contribution in [0.5, 0.6) is 0 Å². The van der Waals surface area contributed by atoms with Gasteiger partial charge in [0.2, 0.25) is 0 Å². The molecule has 0 N–H and O–H groups in total. The molecule has 1 aromatic heterocycles. The Kier molecular flexibility index (Phi) is 6.21. The standard InChI is InChI=1S/C20H25N/c1-3-4-5-6-7-8-11-18-14-13-17(2)16-19(18)20-12-9-10-15-21-20/h7-10,12-16H,3-6,11H2,1-2H3/b8-7+. The molecule has 1 aromatic carbocycles. The van der Waals surface area contributed by atoms with Crippen LogP contribution in [0.4, 0.5) is 0 Å². The van der Waals surface area contributed by atoms with E-state index in [0.29, 0.717) is 0 Å². The van der Waals surface area contributed by atoms with Crippen molar-refractivity contribution in [3.63, 3.8) is 0 Å². The molecule has 0 amide bonds. The number of allylic oxidation sites excluding steroid dienone is 2. The molecule has 0 fully saturated rings. The van der Waals surface area contributed by atoms with Crippen LogP contribution in [0.25, 0.3) is 11.3 Å². The van der Waals surface area contributed by atoms with Gasteiger partial charge >= 0.3 is 0 Å². The molecule has 0 aliphatic rings. The third-order valence-corrected chi connectivity index (χ3v) is 3.68. The number of rotatable bonds is 7. The molecule has 1 nitrogen and oxygen atoms in total. The second-order valence-electron chi connectivity index (χ2n) is 5.55. The lowest BCUT2D eigenvalue weighted by molar-refractivity contribution is 0.728. The molecule has 0 atom stereocenters. The summed E-state index contributed by atoms with van der Waals surface area (Å²) in [4.78, 5) is 4.50. The molecule has 1 heteroatoms.